The van der Waals surface area contributed by atoms with Gasteiger partial charge in [-0.25, -0.2) is 18.7 Å². The highest BCUT2D eigenvalue weighted by Crippen LogP contribution is 2.31. The number of benzene rings is 2. The van der Waals surface area contributed by atoms with E-state index in [2.05, 4.69) is 47.9 Å². The number of halogens is 2. The van der Waals surface area contributed by atoms with Crippen LogP contribution in [-0.4, -0.2) is 15.0 Å². The van der Waals surface area contributed by atoms with Gasteiger partial charge in [-0.15, -0.1) is 0 Å². The van der Waals surface area contributed by atoms with Gasteiger partial charge >= 0.3 is 0 Å². The number of H-pyrrole nitrogens is 1. The Hall–Kier alpha value is -3.28. The molecule has 0 aliphatic heterocycles. The summed E-state index contributed by atoms with van der Waals surface area (Å²) >= 11 is 0. The molecule has 0 aliphatic carbocycles. The molecule has 0 atom stereocenters. The number of nitrogens with two attached hydrogens (primary N) is 1. The van der Waals surface area contributed by atoms with Crippen LogP contribution in [0.1, 0.15) is 26.3 Å². The third-order valence-corrected chi connectivity index (χ3v) is 4.74. The van der Waals surface area contributed by atoms with E-state index in [9.17, 15) is 8.78 Å². The fourth-order valence-corrected chi connectivity index (χ4v) is 3.22. The molecule has 4 rings (SSSR count). The van der Waals surface area contributed by atoms with Crippen molar-refractivity contribution in [3.8, 4) is 22.6 Å². The molecule has 3 N–H and O–H groups in total. The number of anilines is 1. The van der Waals surface area contributed by atoms with Crippen LogP contribution in [0.15, 0.2) is 48.7 Å². The van der Waals surface area contributed by atoms with Crippen molar-refractivity contribution < 1.29 is 8.78 Å². The molecule has 2 aromatic heterocycles. The summed E-state index contributed by atoms with van der Waals surface area (Å²) in [5.41, 5.74) is 9.49. The van der Waals surface area contributed by atoms with Crippen molar-refractivity contribution in [2.45, 2.75) is 26.2 Å². The van der Waals surface area contributed by atoms with Crippen molar-refractivity contribution in [1.82, 2.24) is 15.0 Å². The van der Waals surface area contributed by atoms with Gasteiger partial charge in [0.05, 0.1) is 11.2 Å². The number of nitrogens with zero attached hydrogens (tertiary/aromatic N) is 2. The summed E-state index contributed by atoms with van der Waals surface area (Å²) in [5, 5.41) is 0.372. The number of hydrogen-bond donors (Lipinski definition) is 2. The molecule has 0 fully saturated rings. The molecule has 6 heteroatoms. The van der Waals surface area contributed by atoms with Crippen LogP contribution in [0.4, 0.5) is 14.6 Å². The normalized spacial score (nSPS) is 11.9. The van der Waals surface area contributed by atoms with Crippen LogP contribution in [0.2, 0.25) is 0 Å². The number of nitrogen functional groups attached to an aromatic ring is 1. The summed E-state index contributed by atoms with van der Waals surface area (Å²) in [7, 11) is 0. The van der Waals surface area contributed by atoms with Gasteiger partial charge in [0.2, 0.25) is 0 Å². The van der Waals surface area contributed by atoms with Crippen molar-refractivity contribution in [1.29, 1.82) is 0 Å². The third-order valence-electron chi connectivity index (χ3n) is 4.74. The van der Waals surface area contributed by atoms with Crippen LogP contribution in [0.3, 0.4) is 0 Å². The molecule has 2 heterocycles. The van der Waals surface area contributed by atoms with Crippen LogP contribution in [0, 0.1) is 11.6 Å². The molecule has 0 aliphatic rings. The molecular formula is C22H20F2N4. The monoisotopic (exact) mass is 378 g/mol. The maximum Gasteiger partial charge on any atom is 0.164 e. The summed E-state index contributed by atoms with van der Waals surface area (Å²) in [6, 6.07) is 11.9. The van der Waals surface area contributed by atoms with Crippen LogP contribution < -0.4 is 5.73 Å². The zero-order chi connectivity index (χ0) is 20.1. The van der Waals surface area contributed by atoms with Gasteiger partial charge in [0.1, 0.15) is 17.5 Å². The lowest BCUT2D eigenvalue weighted by molar-refractivity contribution is 0.590. The first-order chi connectivity index (χ1) is 13.2. The lowest BCUT2D eigenvalue weighted by Crippen LogP contribution is -2.10. The Morgan fingerprint density at radius 1 is 0.964 bits per heavy atom. The number of aromatic nitrogens is 3. The van der Waals surface area contributed by atoms with Gasteiger partial charge in [0.25, 0.3) is 0 Å². The Morgan fingerprint density at radius 3 is 2.36 bits per heavy atom. The predicted octanol–water partition coefficient (Wildman–Crippen LogP) is 5.45. The Kier molecular flexibility index (Phi) is 4.14. The molecule has 0 bridgehead atoms. The first-order valence-electron chi connectivity index (χ1n) is 8.94. The van der Waals surface area contributed by atoms with E-state index < -0.39 is 11.6 Å². The van der Waals surface area contributed by atoms with Gasteiger partial charge in [0.15, 0.2) is 5.82 Å². The zero-order valence-corrected chi connectivity index (χ0v) is 15.8. The lowest BCUT2D eigenvalue weighted by atomic mass is 9.86. The molecular weight excluding hydrogens is 358 g/mol. The second kappa shape index (κ2) is 6.41. The molecule has 0 amide bonds. The van der Waals surface area contributed by atoms with Crippen molar-refractivity contribution in [3.05, 3.63) is 65.9 Å². The molecule has 2 aromatic carbocycles. The quantitative estimate of drug-likeness (QED) is 0.487. The molecule has 0 unspecified atom stereocenters. The fraction of sp³-hybridized carbons (Fsp3) is 0.182. The fourth-order valence-electron chi connectivity index (χ4n) is 3.22. The Morgan fingerprint density at radius 2 is 1.68 bits per heavy atom. The average Bonchev–Trinajstić information content (AvgIpc) is 3.05. The molecule has 0 radical (unpaired) electrons. The summed E-state index contributed by atoms with van der Waals surface area (Å²) in [5.74, 6) is -0.729. The molecule has 0 saturated carbocycles. The van der Waals surface area contributed by atoms with Crippen molar-refractivity contribution >= 4 is 16.7 Å². The van der Waals surface area contributed by atoms with E-state index in [0.717, 1.165) is 11.6 Å². The van der Waals surface area contributed by atoms with E-state index in [4.69, 9.17) is 5.73 Å². The topological polar surface area (TPSA) is 67.6 Å². The third kappa shape index (κ3) is 3.22. The van der Waals surface area contributed by atoms with Gasteiger partial charge in [0, 0.05) is 34.8 Å². The van der Waals surface area contributed by atoms with Gasteiger partial charge in [-0.2, -0.15) is 0 Å². The number of aromatic amines is 1. The summed E-state index contributed by atoms with van der Waals surface area (Å²) < 4.78 is 27.7. The SMILES string of the molecule is CC(C)(C)c1ccc(-c2cc(N)nc(-c3c[nH]c4c(F)cc(F)cc34)n2)cc1. The minimum atomic E-state index is -0.664. The average molecular weight is 378 g/mol. The number of fused-ring (bicyclic) bond motifs is 1. The van der Waals surface area contributed by atoms with Gasteiger partial charge in [-0.1, -0.05) is 45.0 Å². The maximum absolute atomic E-state index is 14.0. The molecule has 28 heavy (non-hydrogen) atoms. The zero-order valence-electron chi connectivity index (χ0n) is 15.8. The standard InChI is InChI=1S/C22H20F2N4/c1-22(2,3)13-6-4-12(5-7-13)18-10-19(25)28-21(27-18)16-11-26-20-15(16)8-14(23)9-17(20)24/h4-11,26H,1-3H3,(H2,25,27,28). The largest absolute Gasteiger partial charge is 0.384 e. The second-order valence-electron chi connectivity index (χ2n) is 7.84. The number of hydrogen-bond acceptors (Lipinski definition) is 3. The molecule has 4 aromatic rings. The molecule has 142 valence electrons. The van der Waals surface area contributed by atoms with Gasteiger partial charge in [-0.3, -0.25) is 0 Å². The van der Waals surface area contributed by atoms with E-state index in [0.29, 0.717) is 22.5 Å². The van der Waals surface area contributed by atoms with E-state index in [1.54, 1.807) is 12.3 Å². The Bertz CT molecular complexity index is 1170. The lowest BCUT2D eigenvalue weighted by Gasteiger charge is -2.19. The smallest absolute Gasteiger partial charge is 0.164 e. The Labute approximate surface area is 161 Å². The van der Waals surface area contributed by atoms with E-state index in [1.165, 1.54) is 11.6 Å². The van der Waals surface area contributed by atoms with Crippen molar-refractivity contribution in [3.63, 3.8) is 0 Å². The van der Waals surface area contributed by atoms with Crippen LogP contribution in [-0.2, 0) is 5.41 Å². The van der Waals surface area contributed by atoms with E-state index in [-0.39, 0.29) is 16.7 Å². The highest BCUT2D eigenvalue weighted by molar-refractivity contribution is 5.94. The summed E-state index contributed by atoms with van der Waals surface area (Å²) in [6.07, 6.45) is 1.56. The second-order valence-corrected chi connectivity index (χ2v) is 7.84. The number of nitrogens with one attached hydrogen (secondary N) is 1. The number of rotatable bonds is 2. The van der Waals surface area contributed by atoms with Gasteiger partial charge < -0.3 is 10.7 Å². The first-order valence-corrected chi connectivity index (χ1v) is 8.94. The van der Waals surface area contributed by atoms with Crippen LogP contribution in [0.25, 0.3) is 33.5 Å². The summed E-state index contributed by atoms with van der Waals surface area (Å²) in [6.45, 7) is 6.45. The Balaban J connectivity index is 1.83. The first kappa shape index (κ1) is 18.1. The maximum atomic E-state index is 14.0. The highest BCUT2D eigenvalue weighted by Gasteiger charge is 2.16. The minimum Gasteiger partial charge on any atom is -0.384 e. The van der Waals surface area contributed by atoms with Crippen LogP contribution in [0.5, 0.6) is 0 Å². The van der Waals surface area contributed by atoms with E-state index in [1.807, 2.05) is 12.1 Å². The van der Waals surface area contributed by atoms with Crippen LogP contribution >= 0.6 is 0 Å². The molecule has 4 nitrogen and oxygen atoms in total. The predicted molar refractivity (Wildman–Crippen MR) is 108 cm³/mol. The highest BCUT2D eigenvalue weighted by atomic mass is 19.1. The van der Waals surface area contributed by atoms with Crippen molar-refractivity contribution in [2.24, 2.45) is 0 Å². The molecule has 0 spiro atoms. The van der Waals surface area contributed by atoms with Crippen molar-refractivity contribution in [2.75, 3.05) is 5.73 Å². The molecule has 0 saturated heterocycles. The van der Waals surface area contributed by atoms with Gasteiger partial charge in [-0.05, 0) is 17.0 Å². The van der Waals surface area contributed by atoms with E-state index >= 15 is 0 Å². The minimum absolute atomic E-state index is 0.0482. The summed E-state index contributed by atoms with van der Waals surface area (Å²) in [4.78, 5) is 11.7.